The quantitative estimate of drug-likeness (QED) is 0.0928. The van der Waals surface area contributed by atoms with E-state index in [1.54, 1.807) is 12.2 Å². The molecule has 1 aliphatic heterocycles. The molecule has 2 bridgehead atoms. The van der Waals surface area contributed by atoms with Crippen molar-refractivity contribution in [3.63, 3.8) is 0 Å². The number of carboxylic acids is 1. The highest BCUT2D eigenvalue weighted by atomic mass is 16.7. The highest BCUT2D eigenvalue weighted by molar-refractivity contribution is 6.01. The SMILES string of the molecule is CC(=O)N[C@@H](CCCCN)C(=O)NCC(=O)N[C@@H](CCC(=O)O)C(=O)NC12CCC(Cc3ccc([C@@H]4O[C@@H]5C[C@H]6[C@@H]7CCC8=CC(=O)C=C[C@]8(C)[C@H]7[C@@H](O)C[C@]6(C)[C@]5(C(=O)CO)O4)cc3)(CC1)CC2. The van der Waals surface area contributed by atoms with E-state index < -0.39 is 101 Å². The zero-order chi connectivity index (χ0) is 49.5. The molecule has 6 saturated carbocycles. The van der Waals surface area contributed by atoms with E-state index in [-0.39, 0.29) is 41.8 Å². The van der Waals surface area contributed by atoms with E-state index in [1.807, 2.05) is 25.1 Å². The van der Waals surface area contributed by atoms with Gasteiger partial charge >= 0.3 is 5.97 Å². The molecule has 1 heterocycles. The van der Waals surface area contributed by atoms with Crippen molar-refractivity contribution in [1.82, 2.24) is 21.3 Å². The molecule has 9 rings (SSSR count). The van der Waals surface area contributed by atoms with Gasteiger partial charge in [-0.15, -0.1) is 0 Å². The smallest absolute Gasteiger partial charge is 0.303 e. The lowest BCUT2D eigenvalue weighted by atomic mass is 9.46. The Bertz CT molecular complexity index is 2240. The number of allylic oxidation sites excluding steroid dienone is 4. The van der Waals surface area contributed by atoms with Crippen LogP contribution in [-0.2, 0) is 49.5 Å². The highest BCUT2D eigenvalue weighted by Crippen LogP contribution is 2.70. The number of rotatable bonds is 19. The molecule has 0 spiro atoms. The van der Waals surface area contributed by atoms with Gasteiger partial charge < -0.3 is 51.8 Å². The van der Waals surface area contributed by atoms with Crippen LogP contribution in [-0.4, -0.2) is 112 Å². The molecule has 0 unspecified atom stereocenters. The molecule has 69 heavy (non-hydrogen) atoms. The Labute approximate surface area is 403 Å². The van der Waals surface area contributed by atoms with Gasteiger partial charge in [0.15, 0.2) is 23.5 Å². The van der Waals surface area contributed by atoms with Crippen molar-refractivity contribution in [2.24, 2.45) is 39.7 Å². The van der Waals surface area contributed by atoms with E-state index in [0.717, 1.165) is 74.5 Å². The molecule has 1 aromatic rings. The van der Waals surface area contributed by atoms with Crippen LogP contribution < -0.4 is 27.0 Å². The fraction of sp³-hybridized carbons (Fsp3) is 0.673. The number of nitrogens with one attached hydrogen (secondary N) is 4. The standard InChI is InChI=1S/C52H71N5O12/c1-30(59)55-37(6-4-5-23-53)45(66)54-28-42(63)56-38(13-14-43(64)65)46(67)57-51-20-17-50(18-21-51,19-22-51)26-31-7-9-32(10-8-31)47-68-41-25-36-35-12-11-33-24-34(60)15-16-48(33,2)44(35)39(61)27-49(36,3)52(41,69-47)40(62)29-58/h7-10,15-16,24,35-39,41,44,47,58,61H,4-6,11-14,17-23,25-29,53H2,1-3H3,(H,54,66)(H,55,59)(H,56,63)(H,57,67)(H,64,65)/t35-,36-,37-,38-,39-,41+,44+,47+,48-,49-,50?,51?,52+/m0/s1. The summed E-state index contributed by atoms with van der Waals surface area (Å²) >= 11 is 0. The van der Waals surface area contributed by atoms with E-state index in [4.69, 9.17) is 15.2 Å². The summed E-state index contributed by atoms with van der Waals surface area (Å²) in [6.45, 7) is 4.70. The first-order chi connectivity index (χ1) is 32.8. The number of hydrogen-bond donors (Lipinski definition) is 8. The molecule has 1 saturated heterocycles. The summed E-state index contributed by atoms with van der Waals surface area (Å²) in [6, 6.07) is 6.11. The molecule has 0 aromatic heterocycles. The fourth-order valence-electron chi connectivity index (χ4n) is 14.2. The first-order valence-electron chi connectivity index (χ1n) is 25.1. The van der Waals surface area contributed by atoms with Crippen molar-refractivity contribution in [2.45, 2.75) is 165 Å². The minimum atomic E-state index is -1.44. The summed E-state index contributed by atoms with van der Waals surface area (Å²) in [7, 11) is 0. The third kappa shape index (κ3) is 9.58. The second-order valence-electron chi connectivity index (χ2n) is 21.8. The molecule has 8 aliphatic rings. The number of Topliss-reactive ketones (excluding diaryl/α,β-unsaturated/α-hetero) is 1. The number of carbonyl (C=O) groups excluding carboxylic acids is 6. The molecular formula is C52H71N5O12. The third-order valence-electron chi connectivity index (χ3n) is 17.8. The van der Waals surface area contributed by atoms with Crippen LogP contribution in [0.2, 0.25) is 0 Å². The number of amides is 4. The largest absolute Gasteiger partial charge is 0.481 e. The van der Waals surface area contributed by atoms with Gasteiger partial charge in [-0.2, -0.15) is 0 Å². The molecule has 7 fully saturated rings. The van der Waals surface area contributed by atoms with Crippen molar-refractivity contribution in [3.05, 3.63) is 59.2 Å². The molecule has 7 aliphatic carbocycles. The Hall–Kier alpha value is -4.81. The fourth-order valence-corrected chi connectivity index (χ4v) is 14.2. The predicted octanol–water partition coefficient (Wildman–Crippen LogP) is 3.14. The first-order valence-corrected chi connectivity index (χ1v) is 25.1. The van der Waals surface area contributed by atoms with Gasteiger partial charge in [-0.1, -0.05) is 49.8 Å². The Morgan fingerprint density at radius 1 is 0.928 bits per heavy atom. The summed E-state index contributed by atoms with van der Waals surface area (Å²) < 4.78 is 13.5. The molecule has 1 aromatic carbocycles. The molecule has 376 valence electrons. The molecule has 11 atom stereocenters. The Morgan fingerprint density at radius 3 is 2.28 bits per heavy atom. The van der Waals surface area contributed by atoms with Crippen molar-refractivity contribution in [3.8, 4) is 0 Å². The van der Waals surface area contributed by atoms with E-state index in [0.29, 0.717) is 38.6 Å². The maximum atomic E-state index is 14.0. The van der Waals surface area contributed by atoms with E-state index in [9.17, 15) is 48.9 Å². The van der Waals surface area contributed by atoms with Crippen LogP contribution >= 0.6 is 0 Å². The number of hydrogen-bond acceptors (Lipinski definition) is 12. The molecule has 9 N–H and O–H groups in total. The Balaban J connectivity index is 0.870. The predicted molar refractivity (Wildman–Crippen MR) is 250 cm³/mol. The van der Waals surface area contributed by atoms with Crippen molar-refractivity contribution in [2.75, 3.05) is 19.7 Å². The molecule has 17 nitrogen and oxygen atoms in total. The van der Waals surface area contributed by atoms with Crippen LogP contribution in [0.5, 0.6) is 0 Å². The lowest BCUT2D eigenvalue weighted by Crippen LogP contribution is -2.63. The van der Waals surface area contributed by atoms with Crippen LogP contribution in [0.15, 0.2) is 48.1 Å². The minimum absolute atomic E-state index is 0.00416. The molecule has 0 radical (unpaired) electrons. The van der Waals surface area contributed by atoms with E-state index in [1.165, 1.54) is 6.92 Å². The number of ketones is 2. The lowest BCUT2D eigenvalue weighted by Gasteiger charge is -2.59. The summed E-state index contributed by atoms with van der Waals surface area (Å²) in [5.74, 6) is -3.71. The van der Waals surface area contributed by atoms with E-state index in [2.05, 4.69) is 40.3 Å². The number of fused-ring (bicyclic) bond motifs is 10. The van der Waals surface area contributed by atoms with Crippen molar-refractivity contribution >= 4 is 41.2 Å². The number of nitrogens with two attached hydrogens (primary N) is 1. The van der Waals surface area contributed by atoms with Gasteiger partial charge in [0.05, 0.1) is 18.8 Å². The van der Waals surface area contributed by atoms with Crippen LogP contribution in [0.3, 0.4) is 0 Å². The third-order valence-corrected chi connectivity index (χ3v) is 17.8. The second kappa shape index (κ2) is 19.8. The van der Waals surface area contributed by atoms with Crippen LogP contribution in [0.1, 0.15) is 135 Å². The van der Waals surface area contributed by atoms with Gasteiger partial charge in [0, 0.05) is 41.2 Å². The zero-order valence-electron chi connectivity index (χ0n) is 40.2. The minimum Gasteiger partial charge on any atom is -0.481 e. The van der Waals surface area contributed by atoms with Crippen LogP contribution in [0.4, 0.5) is 0 Å². The van der Waals surface area contributed by atoms with Crippen LogP contribution in [0, 0.1) is 34.0 Å². The summed E-state index contributed by atoms with van der Waals surface area (Å²) in [4.78, 5) is 89.2. The average molecular weight is 958 g/mol. The number of unbranched alkanes of at least 4 members (excludes halogenated alkanes) is 1. The normalized spacial score (nSPS) is 35.9. The van der Waals surface area contributed by atoms with Crippen molar-refractivity contribution < 1.29 is 58.4 Å². The number of aliphatic hydroxyl groups excluding tert-OH is 2. The van der Waals surface area contributed by atoms with Gasteiger partial charge in [-0.05, 0) is 138 Å². The lowest BCUT2D eigenvalue weighted by molar-refractivity contribution is -0.201. The zero-order valence-corrected chi connectivity index (χ0v) is 40.2. The van der Waals surface area contributed by atoms with Gasteiger partial charge in [0.25, 0.3) is 0 Å². The summed E-state index contributed by atoms with van der Waals surface area (Å²) in [6.07, 6.45) is 12.1. The molecular weight excluding hydrogens is 887 g/mol. The van der Waals surface area contributed by atoms with Gasteiger partial charge in [0.2, 0.25) is 23.6 Å². The first kappa shape index (κ1) is 50.6. The van der Waals surface area contributed by atoms with Gasteiger partial charge in [-0.25, -0.2) is 0 Å². The number of benzene rings is 1. The molecule has 4 amide bonds. The summed E-state index contributed by atoms with van der Waals surface area (Å²) in [5, 5.41) is 42.8. The van der Waals surface area contributed by atoms with Crippen molar-refractivity contribution in [1.29, 1.82) is 0 Å². The topological polar surface area (TPSA) is 273 Å². The number of aliphatic carboxylic acids is 1. The van der Waals surface area contributed by atoms with E-state index >= 15 is 0 Å². The Morgan fingerprint density at radius 2 is 1.62 bits per heavy atom. The average Bonchev–Trinajstić information content (AvgIpc) is 3.82. The molecule has 17 heteroatoms. The number of carboxylic acid groups (broad SMARTS) is 1. The monoisotopic (exact) mass is 958 g/mol. The number of carbonyl (C=O) groups is 7. The highest BCUT2D eigenvalue weighted by Gasteiger charge is 2.76. The number of aliphatic hydroxyl groups is 2. The van der Waals surface area contributed by atoms with Crippen LogP contribution in [0.25, 0.3) is 0 Å². The maximum absolute atomic E-state index is 14.0. The van der Waals surface area contributed by atoms with Gasteiger partial charge in [0.1, 0.15) is 18.7 Å². The van der Waals surface area contributed by atoms with Gasteiger partial charge in [-0.3, -0.25) is 33.6 Å². The summed E-state index contributed by atoms with van der Waals surface area (Å²) in [5.41, 5.74) is 5.31. The number of ether oxygens (including phenoxy) is 2. The maximum Gasteiger partial charge on any atom is 0.303 e. The Kier molecular flexibility index (Phi) is 14.5. The second-order valence-corrected chi connectivity index (χ2v) is 21.8.